The average molecular weight is 672 g/mol. The average Bonchev–Trinajstić information content (AvgIpc) is 2.83. The summed E-state index contributed by atoms with van der Waals surface area (Å²) >= 11 is 10.8. The second-order valence-corrected chi connectivity index (χ2v) is 14.8. The molecular formula is C30H60Cl2N6O6. The van der Waals surface area contributed by atoms with Crippen LogP contribution >= 0.6 is 23.2 Å². The number of isocyanates is 1. The number of hydrogen-bond acceptors (Lipinski definition) is 8. The fourth-order valence-corrected chi connectivity index (χ4v) is 3.07. The van der Waals surface area contributed by atoms with E-state index in [9.17, 15) is 19.2 Å². The van der Waals surface area contributed by atoms with Crippen LogP contribution in [0.5, 0.6) is 0 Å². The largest absolute Gasteiger partial charge is 0.444 e. The molecule has 260 valence electrons. The molecule has 2 atom stereocenters. The topological polar surface area (TPSA) is 173 Å². The summed E-state index contributed by atoms with van der Waals surface area (Å²) in [5.74, 6) is 1.07. The van der Waals surface area contributed by atoms with Crippen LogP contribution in [0.1, 0.15) is 95.9 Å². The van der Waals surface area contributed by atoms with Gasteiger partial charge in [-0.1, -0.05) is 41.5 Å². The van der Waals surface area contributed by atoms with Gasteiger partial charge in [0.05, 0.1) is 12.6 Å². The van der Waals surface area contributed by atoms with Crippen molar-refractivity contribution in [2.45, 2.75) is 119 Å². The first kappa shape index (κ1) is 46.2. The lowest BCUT2D eigenvalue weighted by molar-refractivity contribution is 0.0456. The molecule has 6 N–H and O–H groups in total. The third kappa shape index (κ3) is 31.2. The summed E-state index contributed by atoms with van der Waals surface area (Å²) in [4.78, 5) is 47.7. The second kappa shape index (κ2) is 23.1. The molecule has 0 unspecified atom stereocenters. The molecular weight excluding hydrogens is 611 g/mol. The molecule has 0 aromatic rings. The van der Waals surface area contributed by atoms with Crippen LogP contribution in [-0.4, -0.2) is 85.5 Å². The zero-order chi connectivity index (χ0) is 35.2. The standard InChI is InChI=1S/C15H30ClN3O3.C11H24N2O2.C4H6ClNO/c1-14(2,3)11(19-13(21)22-15(4,5)6)10-18-12(20)17-9-7-8-16;1-10(2,3)8(7-12)13-9(14)15-11(4,5)6;5-2-1-3-6-4-7/h11H,7-10H2,1-6H3,(H,19,21)(H2,17,18,20);8H,7,12H2,1-6H3,(H,13,14);1-3H2/t11-;8-;/m11./s1. The van der Waals surface area contributed by atoms with Crippen LogP contribution in [0.2, 0.25) is 0 Å². The Bertz CT molecular complexity index is 858. The molecule has 0 bridgehead atoms. The predicted octanol–water partition coefficient (Wildman–Crippen LogP) is 5.69. The summed E-state index contributed by atoms with van der Waals surface area (Å²) in [7, 11) is 0. The third-order valence-corrected chi connectivity index (χ3v) is 5.77. The molecule has 14 heteroatoms. The van der Waals surface area contributed by atoms with E-state index in [2.05, 4.69) is 26.3 Å². The number of rotatable bonds is 11. The third-order valence-electron chi connectivity index (χ3n) is 5.24. The van der Waals surface area contributed by atoms with Crippen LogP contribution in [0.15, 0.2) is 4.99 Å². The van der Waals surface area contributed by atoms with E-state index in [1.165, 1.54) is 6.08 Å². The fraction of sp³-hybridized carbons (Fsp3) is 0.867. The normalized spacial score (nSPS) is 12.8. The van der Waals surface area contributed by atoms with Gasteiger partial charge in [0.1, 0.15) is 11.2 Å². The first-order valence-corrected chi connectivity index (χ1v) is 15.9. The molecule has 0 saturated heterocycles. The van der Waals surface area contributed by atoms with Gasteiger partial charge in [-0.2, -0.15) is 0 Å². The Morgan fingerprint density at radius 1 is 0.750 bits per heavy atom. The number of alkyl carbamates (subject to hydrolysis) is 2. The number of carbonyl (C=O) groups is 3. The van der Waals surface area contributed by atoms with Gasteiger partial charge in [0.15, 0.2) is 0 Å². The summed E-state index contributed by atoms with van der Waals surface area (Å²) in [6, 6.07) is -0.598. The van der Waals surface area contributed by atoms with E-state index in [0.717, 1.165) is 6.42 Å². The molecule has 4 amide bonds. The first-order chi connectivity index (χ1) is 19.9. The van der Waals surface area contributed by atoms with Gasteiger partial charge in [0, 0.05) is 37.4 Å². The van der Waals surface area contributed by atoms with Crippen LogP contribution in [0.3, 0.4) is 0 Å². The lowest BCUT2D eigenvalue weighted by Gasteiger charge is -2.32. The highest BCUT2D eigenvalue weighted by Crippen LogP contribution is 2.20. The van der Waals surface area contributed by atoms with Crippen molar-refractivity contribution in [1.29, 1.82) is 0 Å². The summed E-state index contributed by atoms with van der Waals surface area (Å²) in [6.07, 6.45) is 2.00. The molecule has 0 spiro atoms. The highest BCUT2D eigenvalue weighted by atomic mass is 35.5. The van der Waals surface area contributed by atoms with Crippen molar-refractivity contribution >= 4 is 47.5 Å². The molecule has 0 aliphatic carbocycles. The molecule has 0 radical (unpaired) electrons. The fourth-order valence-electron chi connectivity index (χ4n) is 2.81. The molecule has 44 heavy (non-hydrogen) atoms. The second-order valence-electron chi connectivity index (χ2n) is 14.1. The Morgan fingerprint density at radius 3 is 1.52 bits per heavy atom. The summed E-state index contributed by atoms with van der Waals surface area (Å²) in [5.41, 5.74) is 4.29. The number of hydrogen-bond donors (Lipinski definition) is 5. The minimum Gasteiger partial charge on any atom is -0.444 e. The van der Waals surface area contributed by atoms with Crippen molar-refractivity contribution in [3.63, 3.8) is 0 Å². The van der Waals surface area contributed by atoms with E-state index < -0.39 is 23.4 Å². The van der Waals surface area contributed by atoms with Gasteiger partial charge in [-0.05, 0) is 65.2 Å². The van der Waals surface area contributed by atoms with Gasteiger partial charge in [-0.15, -0.1) is 23.2 Å². The maximum absolute atomic E-state index is 11.9. The molecule has 0 aromatic heterocycles. The monoisotopic (exact) mass is 670 g/mol. The van der Waals surface area contributed by atoms with Crippen molar-refractivity contribution in [2.24, 2.45) is 21.6 Å². The van der Waals surface area contributed by atoms with E-state index in [-0.39, 0.29) is 28.9 Å². The quantitative estimate of drug-likeness (QED) is 0.0812. The lowest BCUT2D eigenvalue weighted by Crippen LogP contribution is -2.53. The Labute approximate surface area is 275 Å². The molecule has 0 rings (SSSR count). The van der Waals surface area contributed by atoms with Gasteiger partial charge in [0.25, 0.3) is 0 Å². The Balaban J connectivity index is -0.000000656. The summed E-state index contributed by atoms with van der Waals surface area (Å²) < 4.78 is 10.4. The Kier molecular flexibility index (Phi) is 24.3. The van der Waals surface area contributed by atoms with Crippen LogP contribution < -0.4 is 27.0 Å². The number of nitrogens with zero attached hydrogens (tertiary/aromatic N) is 1. The number of urea groups is 1. The van der Waals surface area contributed by atoms with Crippen LogP contribution in [0.25, 0.3) is 0 Å². The minimum absolute atomic E-state index is 0.0638. The van der Waals surface area contributed by atoms with Crippen molar-refractivity contribution < 1.29 is 28.7 Å². The Hall–Kier alpha value is -2.27. The number of nitrogens with one attached hydrogen (secondary N) is 4. The predicted molar refractivity (Wildman–Crippen MR) is 179 cm³/mol. The van der Waals surface area contributed by atoms with Crippen molar-refractivity contribution in [3.8, 4) is 0 Å². The molecule has 12 nitrogen and oxygen atoms in total. The van der Waals surface area contributed by atoms with Crippen molar-refractivity contribution in [3.05, 3.63) is 0 Å². The van der Waals surface area contributed by atoms with E-state index in [4.69, 9.17) is 38.4 Å². The highest BCUT2D eigenvalue weighted by molar-refractivity contribution is 6.18. The van der Waals surface area contributed by atoms with Crippen molar-refractivity contribution in [1.82, 2.24) is 21.3 Å². The summed E-state index contributed by atoms with van der Waals surface area (Å²) in [5, 5.41) is 11.0. The first-order valence-electron chi connectivity index (χ1n) is 14.8. The number of aliphatic imine (C=N–C) groups is 1. The molecule has 0 aromatic carbocycles. The van der Waals surface area contributed by atoms with Gasteiger partial charge in [-0.3, -0.25) is 0 Å². The van der Waals surface area contributed by atoms with Crippen LogP contribution in [0, 0.1) is 10.8 Å². The smallest absolute Gasteiger partial charge is 0.407 e. The molecule has 0 aliphatic rings. The maximum Gasteiger partial charge on any atom is 0.407 e. The van der Waals surface area contributed by atoms with Gasteiger partial charge >= 0.3 is 18.2 Å². The van der Waals surface area contributed by atoms with E-state index in [1.54, 1.807) is 20.8 Å². The molecule has 0 saturated carbocycles. The number of carbonyl (C=O) groups excluding carboxylic acids is 4. The lowest BCUT2D eigenvalue weighted by atomic mass is 9.87. The van der Waals surface area contributed by atoms with E-state index in [0.29, 0.717) is 44.4 Å². The van der Waals surface area contributed by atoms with Gasteiger partial charge in [-0.25, -0.2) is 24.2 Å². The van der Waals surface area contributed by atoms with Gasteiger partial charge in [0.2, 0.25) is 6.08 Å². The van der Waals surface area contributed by atoms with E-state index >= 15 is 0 Å². The number of halogens is 2. The van der Waals surface area contributed by atoms with Gasteiger partial charge < -0.3 is 36.5 Å². The maximum atomic E-state index is 11.9. The van der Waals surface area contributed by atoms with Crippen LogP contribution in [0.4, 0.5) is 14.4 Å². The molecule has 0 heterocycles. The molecule has 0 aliphatic heterocycles. The zero-order valence-corrected chi connectivity index (χ0v) is 30.6. The minimum atomic E-state index is -0.557. The highest BCUT2D eigenvalue weighted by Gasteiger charge is 2.29. The number of alkyl halides is 2. The van der Waals surface area contributed by atoms with E-state index in [1.807, 2.05) is 62.3 Å². The van der Waals surface area contributed by atoms with Crippen molar-refractivity contribution in [2.75, 3.05) is 37.9 Å². The number of nitrogens with two attached hydrogens (primary N) is 1. The number of amides is 4. The summed E-state index contributed by atoms with van der Waals surface area (Å²) in [6.45, 7) is 24.7. The Morgan fingerprint density at radius 2 is 1.18 bits per heavy atom. The zero-order valence-electron chi connectivity index (χ0n) is 29.0. The molecule has 0 fully saturated rings. The SMILES string of the molecule is CC(C)(C)OC(=O)N[C@H](CN)C(C)(C)C.CC(C)(C)OC(=O)N[C@H](CNC(=O)NCCCCl)C(C)(C)C.O=C=NCCCCl. The van der Waals surface area contributed by atoms with Crippen LogP contribution in [-0.2, 0) is 14.3 Å². The number of ether oxygens (including phenoxy) is 2.